The van der Waals surface area contributed by atoms with Gasteiger partial charge in [0.05, 0.1) is 12.8 Å². The number of hydrogen-bond acceptors (Lipinski definition) is 9. The summed E-state index contributed by atoms with van der Waals surface area (Å²) in [6, 6.07) is 0. The summed E-state index contributed by atoms with van der Waals surface area (Å²) in [6.07, 6.45) is 0.0474. The van der Waals surface area contributed by atoms with Crippen LogP contribution in [0.4, 0.5) is 0 Å². The molecule has 0 radical (unpaired) electrons. The van der Waals surface area contributed by atoms with Gasteiger partial charge in [-0.05, 0) is 0 Å². The first-order valence-electron chi connectivity index (χ1n) is 7.59. The molecule has 0 aromatic heterocycles. The van der Waals surface area contributed by atoms with Crippen molar-refractivity contribution in [1.29, 1.82) is 0 Å². The maximum atomic E-state index is 11.5. The van der Waals surface area contributed by atoms with Crippen molar-refractivity contribution in [3.8, 4) is 0 Å². The van der Waals surface area contributed by atoms with Crippen molar-refractivity contribution in [1.82, 2.24) is 10.1 Å². The van der Waals surface area contributed by atoms with Crippen molar-refractivity contribution in [2.75, 3.05) is 11.5 Å². The van der Waals surface area contributed by atoms with E-state index in [4.69, 9.17) is 0 Å². The second kappa shape index (κ2) is 8.60. The summed E-state index contributed by atoms with van der Waals surface area (Å²) in [5, 5.41) is 0.961. The summed E-state index contributed by atoms with van der Waals surface area (Å²) in [6.45, 7) is 0. The van der Waals surface area contributed by atoms with E-state index < -0.39 is 35.6 Å². The van der Waals surface area contributed by atoms with Crippen LogP contribution in [0.3, 0.4) is 0 Å². The third kappa shape index (κ3) is 5.28. The Morgan fingerprint density at radius 1 is 0.720 bits per heavy atom. The fourth-order valence-electron chi connectivity index (χ4n) is 2.02. The summed E-state index contributed by atoms with van der Waals surface area (Å²) >= 11 is 1.25. The molecular formula is C14H16N2O8S. The predicted molar refractivity (Wildman–Crippen MR) is 80.9 cm³/mol. The van der Waals surface area contributed by atoms with Crippen molar-refractivity contribution in [2.45, 2.75) is 38.5 Å². The third-order valence-electron chi connectivity index (χ3n) is 3.30. The van der Waals surface area contributed by atoms with Gasteiger partial charge in [-0.15, -0.1) is 10.1 Å². The van der Waals surface area contributed by atoms with E-state index in [0.717, 1.165) is 0 Å². The normalized spacial score (nSPS) is 17.4. The average molecular weight is 372 g/mol. The number of carbonyl (C=O) groups excluding carboxylic acids is 6. The van der Waals surface area contributed by atoms with Gasteiger partial charge in [0.25, 0.3) is 23.6 Å². The molecule has 2 rings (SSSR count). The topological polar surface area (TPSA) is 127 Å². The summed E-state index contributed by atoms with van der Waals surface area (Å²) in [4.78, 5) is 77.6. The van der Waals surface area contributed by atoms with Gasteiger partial charge in [-0.1, -0.05) is 0 Å². The van der Waals surface area contributed by atoms with Crippen LogP contribution in [0.2, 0.25) is 0 Å². The molecule has 25 heavy (non-hydrogen) atoms. The lowest BCUT2D eigenvalue weighted by Gasteiger charge is -2.13. The molecule has 2 fully saturated rings. The van der Waals surface area contributed by atoms with E-state index in [1.54, 1.807) is 0 Å². The SMILES string of the molecule is O=C(CCSCCC(=O)ON1C(=O)CCC1=O)ON1C(=O)CCC1=O. The molecule has 0 spiro atoms. The van der Waals surface area contributed by atoms with E-state index >= 15 is 0 Å². The fourth-order valence-corrected chi connectivity index (χ4v) is 2.85. The first-order valence-corrected chi connectivity index (χ1v) is 8.75. The first kappa shape index (κ1) is 18.9. The van der Waals surface area contributed by atoms with Crippen molar-refractivity contribution in [2.24, 2.45) is 0 Å². The average Bonchev–Trinajstić information content (AvgIpc) is 3.04. The number of nitrogens with zero attached hydrogens (tertiary/aromatic N) is 2. The van der Waals surface area contributed by atoms with Gasteiger partial charge < -0.3 is 9.68 Å². The number of hydrogen-bond donors (Lipinski definition) is 0. The summed E-state index contributed by atoms with van der Waals surface area (Å²) in [5.74, 6) is -2.98. The van der Waals surface area contributed by atoms with Crippen LogP contribution in [-0.2, 0) is 38.4 Å². The molecule has 4 amide bonds. The number of rotatable bonds is 8. The Balaban J connectivity index is 1.57. The molecule has 2 aliphatic rings. The largest absolute Gasteiger partial charge is 0.334 e. The van der Waals surface area contributed by atoms with E-state index in [9.17, 15) is 28.8 Å². The molecule has 0 unspecified atom stereocenters. The second-order valence-electron chi connectivity index (χ2n) is 5.20. The quantitative estimate of drug-likeness (QED) is 0.417. The van der Waals surface area contributed by atoms with E-state index in [2.05, 4.69) is 9.68 Å². The Labute approximate surface area is 146 Å². The monoisotopic (exact) mass is 372 g/mol. The zero-order valence-electron chi connectivity index (χ0n) is 13.2. The van der Waals surface area contributed by atoms with Gasteiger partial charge in [0, 0.05) is 37.2 Å². The Bertz CT molecular complexity index is 536. The Morgan fingerprint density at radius 3 is 1.36 bits per heavy atom. The van der Waals surface area contributed by atoms with Crippen LogP contribution in [-0.4, -0.2) is 57.2 Å². The van der Waals surface area contributed by atoms with Gasteiger partial charge in [-0.25, -0.2) is 9.59 Å². The van der Waals surface area contributed by atoms with Crippen molar-refractivity contribution in [3.05, 3.63) is 0 Å². The molecule has 0 aromatic rings. The second-order valence-corrected chi connectivity index (χ2v) is 6.43. The van der Waals surface area contributed by atoms with Crippen LogP contribution >= 0.6 is 11.8 Å². The molecule has 10 nitrogen and oxygen atoms in total. The van der Waals surface area contributed by atoms with Gasteiger partial charge >= 0.3 is 11.9 Å². The Morgan fingerprint density at radius 2 is 1.04 bits per heavy atom. The van der Waals surface area contributed by atoms with Gasteiger partial charge in [0.1, 0.15) is 0 Å². The molecular weight excluding hydrogens is 356 g/mol. The molecule has 0 atom stereocenters. The van der Waals surface area contributed by atoms with Crippen LogP contribution in [0.25, 0.3) is 0 Å². The molecule has 11 heteroatoms. The third-order valence-corrected chi connectivity index (χ3v) is 4.28. The van der Waals surface area contributed by atoms with Crippen molar-refractivity contribution < 1.29 is 38.4 Å². The number of hydroxylamine groups is 4. The Kier molecular flexibility index (Phi) is 6.51. The highest BCUT2D eigenvalue weighted by Crippen LogP contribution is 2.15. The van der Waals surface area contributed by atoms with Crippen LogP contribution in [0.1, 0.15) is 38.5 Å². The van der Waals surface area contributed by atoms with Gasteiger partial charge in [-0.2, -0.15) is 11.8 Å². The van der Waals surface area contributed by atoms with Crippen LogP contribution < -0.4 is 0 Å². The number of amides is 4. The highest BCUT2D eigenvalue weighted by Gasteiger charge is 2.33. The highest BCUT2D eigenvalue weighted by molar-refractivity contribution is 7.99. The molecule has 136 valence electrons. The molecule has 0 aliphatic carbocycles. The van der Waals surface area contributed by atoms with Gasteiger partial charge in [0.15, 0.2) is 0 Å². The summed E-state index contributed by atoms with van der Waals surface area (Å²) in [7, 11) is 0. The minimum absolute atomic E-state index is 0.0327. The van der Waals surface area contributed by atoms with Crippen LogP contribution in [0.15, 0.2) is 0 Å². The maximum absolute atomic E-state index is 11.5. The maximum Gasteiger partial charge on any atom is 0.334 e. The molecule has 0 saturated carbocycles. The molecule has 2 heterocycles. The smallest absolute Gasteiger partial charge is 0.330 e. The molecule has 2 saturated heterocycles. The number of imide groups is 2. The van der Waals surface area contributed by atoms with Crippen LogP contribution in [0.5, 0.6) is 0 Å². The molecule has 2 aliphatic heterocycles. The Hall–Kier alpha value is -2.43. The van der Waals surface area contributed by atoms with E-state index in [1.165, 1.54) is 11.8 Å². The van der Waals surface area contributed by atoms with E-state index in [0.29, 0.717) is 21.6 Å². The van der Waals surface area contributed by atoms with Crippen molar-refractivity contribution >= 4 is 47.3 Å². The summed E-state index contributed by atoms with van der Waals surface area (Å²) in [5.41, 5.74) is 0. The fraction of sp³-hybridized carbons (Fsp3) is 0.571. The lowest BCUT2D eigenvalue weighted by Crippen LogP contribution is -2.32. The van der Waals surface area contributed by atoms with Gasteiger partial charge in [0.2, 0.25) is 0 Å². The minimum atomic E-state index is -0.716. The lowest BCUT2D eigenvalue weighted by atomic mass is 10.4. The zero-order valence-corrected chi connectivity index (χ0v) is 14.0. The lowest BCUT2D eigenvalue weighted by molar-refractivity contribution is -0.197. The number of thioether (sulfide) groups is 1. The standard InChI is InChI=1S/C14H16N2O8S/c17-9-1-2-10(18)15(9)23-13(21)5-7-25-8-6-14(22)24-16-11(19)3-4-12(16)20/h1-8H2. The van der Waals surface area contributed by atoms with E-state index in [-0.39, 0.29) is 38.5 Å². The van der Waals surface area contributed by atoms with Gasteiger partial charge in [-0.3, -0.25) is 19.2 Å². The summed E-state index contributed by atoms with van der Waals surface area (Å²) < 4.78 is 0. The molecule has 0 aromatic carbocycles. The van der Waals surface area contributed by atoms with Crippen molar-refractivity contribution in [3.63, 3.8) is 0 Å². The zero-order chi connectivity index (χ0) is 18.4. The minimum Gasteiger partial charge on any atom is -0.330 e. The van der Waals surface area contributed by atoms with Crippen LogP contribution in [0, 0.1) is 0 Å². The number of carbonyl (C=O) groups is 6. The first-order chi connectivity index (χ1) is 11.9. The molecule has 0 bridgehead atoms. The highest BCUT2D eigenvalue weighted by atomic mass is 32.2. The van der Waals surface area contributed by atoms with E-state index in [1.807, 2.05) is 0 Å². The predicted octanol–water partition coefficient (Wildman–Crippen LogP) is -0.286. The molecule has 0 N–H and O–H groups in total.